The summed E-state index contributed by atoms with van der Waals surface area (Å²) < 4.78 is 27.9. The number of amides is 1. The van der Waals surface area contributed by atoms with Gasteiger partial charge in [0.15, 0.2) is 14.6 Å². The Morgan fingerprint density at radius 3 is 2.43 bits per heavy atom. The summed E-state index contributed by atoms with van der Waals surface area (Å²) in [4.78, 5) is 17.2. The number of carbonyl (C=O) groups excluding carboxylic acids is 1. The molecule has 146 valence electrons. The predicted octanol–water partition coefficient (Wildman–Crippen LogP) is 3.72. The second kappa shape index (κ2) is 7.85. The lowest BCUT2D eigenvalue weighted by atomic mass is 10.1. The fourth-order valence-electron chi connectivity index (χ4n) is 2.84. The first-order valence-corrected chi connectivity index (χ1v) is 11.3. The van der Waals surface area contributed by atoms with Gasteiger partial charge in [0.1, 0.15) is 5.75 Å². The predicted molar refractivity (Wildman–Crippen MR) is 113 cm³/mol. The molecule has 1 amide bonds. The third-order valence-electron chi connectivity index (χ3n) is 4.52. The van der Waals surface area contributed by atoms with E-state index in [4.69, 9.17) is 0 Å². The molecule has 1 heterocycles. The summed E-state index contributed by atoms with van der Waals surface area (Å²) in [6, 6.07) is 10.6. The molecule has 0 unspecified atom stereocenters. The SMILES string of the molecule is C=CCn1c(=NC(=O)CS(=O)(=O)c2ccc(C)cc2)sc2cc(C)c(C)cc21. The number of thiazole rings is 1. The maximum Gasteiger partial charge on any atom is 0.263 e. The molecule has 0 saturated heterocycles. The smallest absolute Gasteiger partial charge is 0.263 e. The van der Waals surface area contributed by atoms with Gasteiger partial charge in [-0.3, -0.25) is 4.79 Å². The molecule has 2 aromatic carbocycles. The van der Waals surface area contributed by atoms with E-state index in [0.29, 0.717) is 11.3 Å². The quantitative estimate of drug-likeness (QED) is 0.598. The zero-order chi connectivity index (χ0) is 20.5. The lowest BCUT2D eigenvalue weighted by molar-refractivity contribution is -0.115. The highest BCUT2D eigenvalue weighted by molar-refractivity contribution is 7.92. The number of fused-ring (bicyclic) bond motifs is 1. The van der Waals surface area contributed by atoms with E-state index in [1.165, 1.54) is 23.5 Å². The number of nitrogens with zero attached hydrogens (tertiary/aromatic N) is 2. The van der Waals surface area contributed by atoms with Crippen LogP contribution in [-0.2, 0) is 21.2 Å². The number of benzene rings is 2. The normalized spacial score (nSPS) is 12.5. The van der Waals surface area contributed by atoms with Crippen molar-refractivity contribution < 1.29 is 13.2 Å². The summed E-state index contributed by atoms with van der Waals surface area (Å²) >= 11 is 1.37. The Hall–Kier alpha value is -2.51. The van der Waals surface area contributed by atoms with E-state index in [-0.39, 0.29) is 4.90 Å². The summed E-state index contributed by atoms with van der Waals surface area (Å²) in [5.41, 5.74) is 4.21. The number of aromatic nitrogens is 1. The second-order valence-corrected chi connectivity index (χ2v) is 9.76. The molecule has 1 aromatic heterocycles. The standard InChI is InChI=1S/C21H22N2O3S2/c1-5-10-23-18-11-15(3)16(4)12-19(18)27-21(23)22-20(24)13-28(25,26)17-8-6-14(2)7-9-17/h5-9,11-12H,1,10,13H2,2-4H3. The van der Waals surface area contributed by atoms with Crippen molar-refractivity contribution in [3.63, 3.8) is 0 Å². The molecular formula is C21H22N2O3S2. The number of rotatable bonds is 5. The van der Waals surface area contributed by atoms with Crippen LogP contribution in [0, 0.1) is 20.8 Å². The number of hydrogen-bond donors (Lipinski definition) is 0. The molecule has 5 nitrogen and oxygen atoms in total. The van der Waals surface area contributed by atoms with Crippen LogP contribution in [-0.4, -0.2) is 24.6 Å². The molecule has 3 aromatic rings. The number of carbonyl (C=O) groups is 1. The van der Waals surface area contributed by atoms with E-state index in [9.17, 15) is 13.2 Å². The average Bonchev–Trinajstić information content (AvgIpc) is 2.92. The topological polar surface area (TPSA) is 68.5 Å². The molecule has 0 aliphatic carbocycles. The number of allylic oxidation sites excluding steroid dienone is 1. The van der Waals surface area contributed by atoms with Crippen LogP contribution in [0.4, 0.5) is 0 Å². The van der Waals surface area contributed by atoms with Crippen LogP contribution >= 0.6 is 11.3 Å². The summed E-state index contributed by atoms with van der Waals surface area (Å²) in [6.07, 6.45) is 1.73. The Labute approximate surface area is 168 Å². The van der Waals surface area contributed by atoms with Crippen molar-refractivity contribution in [3.05, 3.63) is 70.5 Å². The van der Waals surface area contributed by atoms with Crippen LogP contribution in [0.15, 0.2) is 58.9 Å². The first-order valence-electron chi connectivity index (χ1n) is 8.80. The Bertz CT molecular complexity index is 1230. The van der Waals surface area contributed by atoms with E-state index in [2.05, 4.69) is 23.7 Å². The monoisotopic (exact) mass is 414 g/mol. The Kier molecular flexibility index (Phi) is 5.67. The maximum atomic E-state index is 12.5. The molecule has 7 heteroatoms. The van der Waals surface area contributed by atoms with E-state index in [0.717, 1.165) is 26.9 Å². The first kappa shape index (κ1) is 20.2. The fraction of sp³-hybridized carbons (Fsp3) is 0.238. The minimum atomic E-state index is -3.73. The molecule has 0 radical (unpaired) electrons. The van der Waals surface area contributed by atoms with E-state index in [1.807, 2.05) is 25.3 Å². The lowest BCUT2D eigenvalue weighted by Gasteiger charge is -2.04. The molecule has 0 fully saturated rings. The van der Waals surface area contributed by atoms with E-state index < -0.39 is 21.5 Å². The number of sulfone groups is 1. The molecule has 0 spiro atoms. The van der Waals surface area contributed by atoms with Gasteiger partial charge in [-0.2, -0.15) is 4.99 Å². The summed E-state index contributed by atoms with van der Waals surface area (Å²) in [5.74, 6) is -1.34. The Morgan fingerprint density at radius 2 is 1.79 bits per heavy atom. The van der Waals surface area contributed by atoms with Gasteiger partial charge in [0.05, 0.1) is 15.1 Å². The van der Waals surface area contributed by atoms with Crippen molar-refractivity contribution in [2.75, 3.05) is 5.75 Å². The molecular weight excluding hydrogens is 392 g/mol. The number of hydrogen-bond acceptors (Lipinski definition) is 4. The van der Waals surface area contributed by atoms with Crippen molar-refractivity contribution in [3.8, 4) is 0 Å². The minimum absolute atomic E-state index is 0.128. The second-order valence-electron chi connectivity index (χ2n) is 6.77. The zero-order valence-electron chi connectivity index (χ0n) is 16.1. The molecule has 0 atom stereocenters. The molecule has 0 aliphatic rings. The highest BCUT2D eigenvalue weighted by atomic mass is 32.2. The summed E-state index contributed by atoms with van der Waals surface area (Å²) in [6.45, 7) is 10.2. The third kappa shape index (κ3) is 4.15. The molecule has 3 rings (SSSR count). The molecule has 0 aliphatic heterocycles. The maximum absolute atomic E-state index is 12.5. The Morgan fingerprint density at radius 1 is 1.14 bits per heavy atom. The third-order valence-corrected chi connectivity index (χ3v) is 7.18. The van der Waals surface area contributed by atoms with Gasteiger partial charge in [-0.15, -0.1) is 6.58 Å². The van der Waals surface area contributed by atoms with Gasteiger partial charge in [0.2, 0.25) is 0 Å². The fourth-order valence-corrected chi connectivity index (χ4v) is 5.09. The summed E-state index contributed by atoms with van der Waals surface area (Å²) in [7, 11) is -3.73. The lowest BCUT2D eigenvalue weighted by Crippen LogP contribution is -2.20. The number of aryl methyl sites for hydroxylation is 3. The molecule has 0 N–H and O–H groups in total. The molecule has 0 saturated carbocycles. The molecule has 28 heavy (non-hydrogen) atoms. The van der Waals surface area contributed by atoms with Crippen molar-refractivity contribution in [2.24, 2.45) is 4.99 Å². The minimum Gasteiger partial charge on any atom is -0.312 e. The van der Waals surface area contributed by atoms with Crippen LogP contribution in [0.2, 0.25) is 0 Å². The van der Waals surface area contributed by atoms with Gasteiger partial charge in [-0.25, -0.2) is 8.42 Å². The largest absolute Gasteiger partial charge is 0.312 e. The van der Waals surface area contributed by atoms with Gasteiger partial charge in [-0.1, -0.05) is 35.1 Å². The Balaban J connectivity index is 2.01. The van der Waals surface area contributed by atoms with E-state index in [1.54, 1.807) is 18.2 Å². The van der Waals surface area contributed by atoms with Gasteiger partial charge >= 0.3 is 0 Å². The summed E-state index contributed by atoms with van der Waals surface area (Å²) in [5, 5.41) is 0. The van der Waals surface area contributed by atoms with Crippen molar-refractivity contribution >= 4 is 37.3 Å². The zero-order valence-corrected chi connectivity index (χ0v) is 17.7. The average molecular weight is 415 g/mol. The van der Waals surface area contributed by atoms with Crippen molar-refractivity contribution in [1.82, 2.24) is 4.57 Å². The van der Waals surface area contributed by atoms with Gasteiger partial charge in [0.25, 0.3) is 5.91 Å². The van der Waals surface area contributed by atoms with Crippen molar-refractivity contribution in [1.29, 1.82) is 0 Å². The first-order chi connectivity index (χ1) is 13.2. The van der Waals surface area contributed by atoms with Crippen LogP contribution < -0.4 is 4.80 Å². The van der Waals surface area contributed by atoms with Crippen molar-refractivity contribution in [2.45, 2.75) is 32.2 Å². The van der Waals surface area contributed by atoms with Crippen LogP contribution in [0.3, 0.4) is 0 Å². The van der Waals surface area contributed by atoms with Crippen LogP contribution in [0.1, 0.15) is 16.7 Å². The molecule has 0 bridgehead atoms. The highest BCUT2D eigenvalue weighted by Gasteiger charge is 2.19. The van der Waals surface area contributed by atoms with E-state index >= 15 is 0 Å². The van der Waals surface area contributed by atoms with Gasteiger partial charge in [-0.05, 0) is 56.2 Å². The van der Waals surface area contributed by atoms with Gasteiger partial charge in [0, 0.05) is 6.54 Å². The van der Waals surface area contributed by atoms with Crippen LogP contribution in [0.25, 0.3) is 10.2 Å². The highest BCUT2D eigenvalue weighted by Crippen LogP contribution is 2.22. The van der Waals surface area contributed by atoms with Crippen LogP contribution in [0.5, 0.6) is 0 Å². The van der Waals surface area contributed by atoms with Gasteiger partial charge < -0.3 is 4.57 Å².